The summed E-state index contributed by atoms with van der Waals surface area (Å²) in [6.07, 6.45) is 3.69. The van der Waals surface area contributed by atoms with Crippen molar-refractivity contribution in [3.05, 3.63) is 29.8 Å². The van der Waals surface area contributed by atoms with Crippen molar-refractivity contribution in [1.82, 2.24) is 0 Å². The highest BCUT2D eigenvalue weighted by Gasteiger charge is 2.35. The molecule has 1 saturated carbocycles. The minimum Gasteiger partial charge on any atom is -0.393 e. The Hall–Kier alpha value is -0.910. The lowest BCUT2D eigenvalue weighted by Crippen LogP contribution is -2.34. The fraction of sp³-hybridized carbons (Fsp3) is 0.625. The van der Waals surface area contributed by atoms with Gasteiger partial charge in [0.1, 0.15) is 0 Å². The molecule has 1 aromatic carbocycles. The van der Waals surface area contributed by atoms with Crippen molar-refractivity contribution in [2.75, 3.05) is 6.61 Å². The Labute approximate surface area is 127 Å². The molecule has 0 heterocycles. The number of aliphatic hydroxyl groups is 1. The monoisotopic (exact) mass is 312 g/mol. The molecule has 118 valence electrons. The summed E-state index contributed by atoms with van der Waals surface area (Å²) < 4.78 is 29.8. The Balaban J connectivity index is 2.05. The number of aliphatic hydroxyl groups excluding tert-OH is 1. The maximum absolute atomic E-state index is 12.2. The van der Waals surface area contributed by atoms with Crippen LogP contribution in [0.3, 0.4) is 0 Å². The van der Waals surface area contributed by atoms with E-state index in [1.54, 1.807) is 24.3 Å². The minimum atomic E-state index is -3.70. The van der Waals surface area contributed by atoms with Gasteiger partial charge in [0, 0.05) is 0 Å². The Morgan fingerprint density at radius 3 is 2.33 bits per heavy atom. The van der Waals surface area contributed by atoms with Crippen molar-refractivity contribution in [3.8, 4) is 0 Å². The molecular formula is C16H24O4S. The summed E-state index contributed by atoms with van der Waals surface area (Å²) in [6.45, 7) is 4.17. The van der Waals surface area contributed by atoms with E-state index in [4.69, 9.17) is 4.18 Å². The summed E-state index contributed by atoms with van der Waals surface area (Å²) in [6, 6.07) is 6.69. The van der Waals surface area contributed by atoms with Crippen molar-refractivity contribution >= 4 is 10.1 Å². The Kier molecular flexibility index (Phi) is 5.07. The second-order valence-electron chi connectivity index (χ2n) is 6.11. The molecule has 0 aliphatic heterocycles. The maximum atomic E-state index is 12.2. The molecule has 0 amide bonds. The molecule has 1 aliphatic carbocycles. The predicted molar refractivity (Wildman–Crippen MR) is 81.5 cm³/mol. The zero-order chi connectivity index (χ0) is 15.5. The molecule has 1 aliphatic rings. The van der Waals surface area contributed by atoms with Gasteiger partial charge in [-0.15, -0.1) is 0 Å². The molecule has 4 nitrogen and oxygen atoms in total. The van der Waals surface area contributed by atoms with Crippen LogP contribution in [0.15, 0.2) is 29.2 Å². The molecule has 0 saturated heterocycles. The summed E-state index contributed by atoms with van der Waals surface area (Å²) in [5.41, 5.74) is 0.886. The first kappa shape index (κ1) is 16.5. The molecule has 5 heteroatoms. The second-order valence-corrected chi connectivity index (χ2v) is 7.73. The zero-order valence-electron chi connectivity index (χ0n) is 12.7. The van der Waals surface area contributed by atoms with Crippen LogP contribution in [0.4, 0.5) is 0 Å². The van der Waals surface area contributed by atoms with Gasteiger partial charge in [0.2, 0.25) is 0 Å². The lowest BCUT2D eigenvalue weighted by Gasteiger charge is -2.37. The first-order chi connectivity index (χ1) is 9.87. The number of hydrogen-bond acceptors (Lipinski definition) is 4. The summed E-state index contributed by atoms with van der Waals surface area (Å²) in [4.78, 5) is 0.204. The van der Waals surface area contributed by atoms with Crippen molar-refractivity contribution in [1.29, 1.82) is 0 Å². The van der Waals surface area contributed by atoms with Crippen molar-refractivity contribution in [2.45, 2.75) is 57.0 Å². The van der Waals surface area contributed by atoms with Gasteiger partial charge in [0.15, 0.2) is 0 Å². The van der Waals surface area contributed by atoms with E-state index in [1.165, 1.54) is 0 Å². The molecule has 1 fully saturated rings. The average molecular weight is 312 g/mol. The summed E-state index contributed by atoms with van der Waals surface area (Å²) >= 11 is 0. The number of aryl methyl sites for hydroxylation is 1. The van der Waals surface area contributed by atoms with Crippen molar-refractivity contribution in [3.63, 3.8) is 0 Å². The van der Waals surface area contributed by atoms with Gasteiger partial charge in [-0.3, -0.25) is 4.18 Å². The van der Waals surface area contributed by atoms with Crippen LogP contribution < -0.4 is 0 Å². The normalized spacial score (nSPS) is 26.7. The fourth-order valence-electron chi connectivity index (χ4n) is 2.79. The molecular weight excluding hydrogens is 288 g/mol. The standard InChI is InChI=1S/C16H24O4S/c1-3-16(10-8-14(17)9-11-16)12-20-21(18,19)15-6-4-13(2)5-7-15/h4-7,14,17H,3,8-12H2,1-2H3. The van der Waals surface area contributed by atoms with Gasteiger partial charge in [-0.1, -0.05) is 24.6 Å². The van der Waals surface area contributed by atoms with E-state index in [2.05, 4.69) is 6.92 Å². The van der Waals surface area contributed by atoms with Crippen LogP contribution in [0.25, 0.3) is 0 Å². The van der Waals surface area contributed by atoms with E-state index in [-0.39, 0.29) is 23.0 Å². The van der Waals surface area contributed by atoms with E-state index in [9.17, 15) is 13.5 Å². The topological polar surface area (TPSA) is 63.6 Å². The van der Waals surface area contributed by atoms with Crippen LogP contribution in [0, 0.1) is 12.3 Å². The summed E-state index contributed by atoms with van der Waals surface area (Å²) in [5.74, 6) is 0. The molecule has 0 aromatic heterocycles. The van der Waals surface area contributed by atoms with E-state index in [0.29, 0.717) is 0 Å². The van der Waals surface area contributed by atoms with E-state index in [0.717, 1.165) is 37.7 Å². The summed E-state index contributed by atoms with van der Waals surface area (Å²) in [7, 11) is -3.70. The van der Waals surface area contributed by atoms with Crippen LogP contribution in [-0.2, 0) is 14.3 Å². The molecule has 2 rings (SSSR count). The van der Waals surface area contributed by atoms with Crippen LogP contribution in [0.5, 0.6) is 0 Å². The Bertz CT molecular complexity index is 554. The molecule has 0 radical (unpaired) electrons. The minimum absolute atomic E-state index is 0.128. The highest BCUT2D eigenvalue weighted by molar-refractivity contribution is 7.86. The molecule has 0 bridgehead atoms. The van der Waals surface area contributed by atoms with Crippen molar-refractivity contribution in [2.24, 2.45) is 5.41 Å². The second kappa shape index (κ2) is 6.46. The van der Waals surface area contributed by atoms with Crippen LogP contribution in [0.2, 0.25) is 0 Å². The molecule has 1 N–H and O–H groups in total. The van der Waals surface area contributed by atoms with Gasteiger partial charge in [0.05, 0.1) is 17.6 Å². The van der Waals surface area contributed by atoms with Crippen molar-refractivity contribution < 1.29 is 17.7 Å². The van der Waals surface area contributed by atoms with Crippen LogP contribution >= 0.6 is 0 Å². The molecule has 1 aromatic rings. The fourth-order valence-corrected chi connectivity index (χ4v) is 3.80. The molecule has 21 heavy (non-hydrogen) atoms. The highest BCUT2D eigenvalue weighted by atomic mass is 32.2. The Morgan fingerprint density at radius 1 is 1.24 bits per heavy atom. The Morgan fingerprint density at radius 2 is 1.81 bits per heavy atom. The highest BCUT2D eigenvalue weighted by Crippen LogP contribution is 2.40. The van der Waals surface area contributed by atoms with Gasteiger partial charge < -0.3 is 5.11 Å². The van der Waals surface area contributed by atoms with E-state index < -0.39 is 10.1 Å². The first-order valence-corrected chi connectivity index (χ1v) is 8.92. The number of rotatable bonds is 5. The molecule has 0 unspecified atom stereocenters. The maximum Gasteiger partial charge on any atom is 0.296 e. The lowest BCUT2D eigenvalue weighted by molar-refractivity contribution is 0.0308. The van der Waals surface area contributed by atoms with Crippen LogP contribution in [-0.4, -0.2) is 26.2 Å². The third kappa shape index (κ3) is 4.05. The number of benzene rings is 1. The molecule has 0 atom stereocenters. The zero-order valence-corrected chi connectivity index (χ0v) is 13.5. The first-order valence-electron chi connectivity index (χ1n) is 7.51. The number of hydrogen-bond donors (Lipinski definition) is 1. The van der Waals surface area contributed by atoms with Gasteiger partial charge in [-0.2, -0.15) is 8.42 Å². The van der Waals surface area contributed by atoms with E-state index >= 15 is 0 Å². The molecule has 0 spiro atoms. The third-order valence-electron chi connectivity index (χ3n) is 4.60. The lowest BCUT2D eigenvalue weighted by atomic mass is 9.72. The average Bonchev–Trinajstić information content (AvgIpc) is 2.48. The van der Waals surface area contributed by atoms with Gasteiger partial charge in [-0.25, -0.2) is 0 Å². The predicted octanol–water partition coefficient (Wildman–Crippen LogP) is 3.03. The quantitative estimate of drug-likeness (QED) is 0.849. The van der Waals surface area contributed by atoms with E-state index in [1.807, 2.05) is 6.92 Å². The largest absolute Gasteiger partial charge is 0.393 e. The SMILES string of the molecule is CCC1(COS(=O)(=O)c2ccc(C)cc2)CCC(O)CC1. The van der Waals surface area contributed by atoms with Gasteiger partial charge in [-0.05, 0) is 56.6 Å². The summed E-state index contributed by atoms with van der Waals surface area (Å²) in [5, 5.41) is 9.61. The van der Waals surface area contributed by atoms with Crippen LogP contribution in [0.1, 0.15) is 44.6 Å². The van der Waals surface area contributed by atoms with Gasteiger partial charge in [0.25, 0.3) is 10.1 Å². The van der Waals surface area contributed by atoms with Gasteiger partial charge >= 0.3 is 0 Å². The smallest absolute Gasteiger partial charge is 0.296 e. The third-order valence-corrected chi connectivity index (χ3v) is 5.87.